The van der Waals surface area contributed by atoms with Gasteiger partial charge in [-0.3, -0.25) is 10.1 Å². The van der Waals surface area contributed by atoms with Gasteiger partial charge in [-0.05, 0) is 30.2 Å². The summed E-state index contributed by atoms with van der Waals surface area (Å²) in [7, 11) is 0. The summed E-state index contributed by atoms with van der Waals surface area (Å²) in [5.74, 6) is 0.392. The average molecular weight is 279 g/mol. The molecule has 6 heteroatoms. The minimum atomic E-state index is -0.553. The van der Waals surface area contributed by atoms with Crippen molar-refractivity contribution in [1.29, 1.82) is 0 Å². The molecule has 98 valence electrons. The Labute approximate surface area is 115 Å². The predicted octanol–water partition coefficient (Wildman–Crippen LogP) is 4.00. The fourth-order valence-corrected chi connectivity index (χ4v) is 1.70. The number of nitro groups is 1. The van der Waals surface area contributed by atoms with Gasteiger partial charge >= 0.3 is 11.6 Å². The lowest BCUT2D eigenvalue weighted by atomic mass is 10.2. The fraction of sp³-hybridized carbons (Fsp3) is 0.154. The molecule has 0 radical (unpaired) electrons. The van der Waals surface area contributed by atoms with E-state index in [1.54, 1.807) is 6.07 Å². The van der Waals surface area contributed by atoms with Crippen LogP contribution in [0.25, 0.3) is 0 Å². The van der Waals surface area contributed by atoms with E-state index >= 15 is 0 Å². The van der Waals surface area contributed by atoms with Crippen LogP contribution in [0.2, 0.25) is 5.15 Å². The second-order valence-corrected chi connectivity index (χ2v) is 4.21. The van der Waals surface area contributed by atoms with Gasteiger partial charge in [0, 0.05) is 6.07 Å². The maximum atomic E-state index is 10.9. The first kappa shape index (κ1) is 13.3. The standard InChI is InChI=1S/C13H11ClN2O3/c1-2-9-4-3-5-10(8-9)19-13-11(16(17)18)6-7-12(14)15-13/h3-8H,2H2,1H3. The highest BCUT2D eigenvalue weighted by atomic mass is 35.5. The molecule has 0 aliphatic carbocycles. The van der Waals surface area contributed by atoms with E-state index < -0.39 is 4.92 Å². The number of aromatic nitrogens is 1. The fourth-order valence-electron chi connectivity index (χ4n) is 1.57. The van der Waals surface area contributed by atoms with Crippen LogP contribution in [0, 0.1) is 10.1 Å². The number of nitrogens with zero attached hydrogens (tertiary/aromatic N) is 2. The number of pyridine rings is 1. The second kappa shape index (κ2) is 5.67. The van der Waals surface area contributed by atoms with Crippen molar-refractivity contribution in [2.45, 2.75) is 13.3 Å². The molecule has 0 unspecified atom stereocenters. The third-order valence-corrected chi connectivity index (χ3v) is 2.73. The van der Waals surface area contributed by atoms with Crippen LogP contribution >= 0.6 is 11.6 Å². The van der Waals surface area contributed by atoms with E-state index in [0.29, 0.717) is 5.75 Å². The molecule has 0 saturated heterocycles. The van der Waals surface area contributed by atoms with Gasteiger partial charge in [0.2, 0.25) is 0 Å². The maximum Gasteiger partial charge on any atom is 0.331 e. The van der Waals surface area contributed by atoms with Crippen molar-refractivity contribution in [2.75, 3.05) is 0 Å². The SMILES string of the molecule is CCc1cccc(Oc2nc(Cl)ccc2[N+](=O)[O-])c1. The third-order valence-electron chi connectivity index (χ3n) is 2.52. The van der Waals surface area contributed by atoms with Crippen LogP contribution in [0.5, 0.6) is 11.6 Å². The molecule has 1 aromatic carbocycles. The first-order chi connectivity index (χ1) is 9.10. The molecule has 2 rings (SSSR count). The highest BCUT2D eigenvalue weighted by Gasteiger charge is 2.18. The van der Waals surface area contributed by atoms with Crippen LogP contribution in [0.3, 0.4) is 0 Å². The first-order valence-electron chi connectivity index (χ1n) is 5.68. The van der Waals surface area contributed by atoms with E-state index in [2.05, 4.69) is 4.98 Å². The molecule has 0 aliphatic heterocycles. The number of halogens is 1. The minimum Gasteiger partial charge on any atom is -0.434 e. The highest BCUT2D eigenvalue weighted by Crippen LogP contribution is 2.30. The molecule has 1 aromatic heterocycles. The second-order valence-electron chi connectivity index (χ2n) is 3.82. The molecule has 0 spiro atoms. The molecule has 5 nitrogen and oxygen atoms in total. The predicted molar refractivity (Wildman–Crippen MR) is 71.8 cm³/mol. The third kappa shape index (κ3) is 3.20. The van der Waals surface area contributed by atoms with Crippen LogP contribution in [0.15, 0.2) is 36.4 Å². The van der Waals surface area contributed by atoms with Gasteiger partial charge in [-0.2, -0.15) is 4.98 Å². The Morgan fingerprint density at radius 3 is 2.84 bits per heavy atom. The number of rotatable bonds is 4. The van der Waals surface area contributed by atoms with Crippen molar-refractivity contribution in [3.8, 4) is 11.6 Å². The van der Waals surface area contributed by atoms with Crippen molar-refractivity contribution in [3.63, 3.8) is 0 Å². The Morgan fingerprint density at radius 2 is 2.16 bits per heavy atom. The normalized spacial score (nSPS) is 10.2. The van der Waals surface area contributed by atoms with E-state index in [1.165, 1.54) is 12.1 Å². The lowest BCUT2D eigenvalue weighted by Gasteiger charge is -2.06. The lowest BCUT2D eigenvalue weighted by Crippen LogP contribution is -1.96. The minimum absolute atomic E-state index is 0.106. The molecule has 0 fully saturated rings. The Hall–Kier alpha value is -2.14. The number of hydrogen-bond donors (Lipinski definition) is 0. The van der Waals surface area contributed by atoms with Crippen LogP contribution < -0.4 is 4.74 Å². The van der Waals surface area contributed by atoms with E-state index in [-0.39, 0.29) is 16.7 Å². The van der Waals surface area contributed by atoms with Gasteiger partial charge in [0.1, 0.15) is 10.9 Å². The molecule has 1 heterocycles. The number of ether oxygens (including phenoxy) is 1. The van der Waals surface area contributed by atoms with Crippen molar-refractivity contribution in [1.82, 2.24) is 4.98 Å². The summed E-state index contributed by atoms with van der Waals surface area (Å²) in [6, 6.07) is 9.93. The first-order valence-corrected chi connectivity index (χ1v) is 6.05. The molecule has 2 aromatic rings. The Balaban J connectivity index is 2.36. The summed E-state index contributed by atoms with van der Waals surface area (Å²) in [5.41, 5.74) is 0.855. The van der Waals surface area contributed by atoms with Gasteiger partial charge in [-0.15, -0.1) is 0 Å². The molecular weight excluding hydrogens is 268 g/mol. The van der Waals surface area contributed by atoms with E-state index in [1.807, 2.05) is 25.1 Å². The Morgan fingerprint density at radius 1 is 1.37 bits per heavy atom. The van der Waals surface area contributed by atoms with E-state index in [9.17, 15) is 10.1 Å². The molecule has 0 aliphatic rings. The van der Waals surface area contributed by atoms with Crippen LogP contribution in [0.1, 0.15) is 12.5 Å². The molecule has 19 heavy (non-hydrogen) atoms. The summed E-state index contributed by atoms with van der Waals surface area (Å²) < 4.78 is 5.46. The summed E-state index contributed by atoms with van der Waals surface area (Å²) in [5, 5.41) is 11.0. The van der Waals surface area contributed by atoms with Gasteiger partial charge in [0.05, 0.1) is 4.92 Å². The topological polar surface area (TPSA) is 65.3 Å². The van der Waals surface area contributed by atoms with E-state index in [4.69, 9.17) is 16.3 Å². The van der Waals surface area contributed by atoms with Crippen molar-refractivity contribution < 1.29 is 9.66 Å². The van der Waals surface area contributed by atoms with Gasteiger partial charge in [0.25, 0.3) is 0 Å². The van der Waals surface area contributed by atoms with Crippen LogP contribution in [-0.2, 0) is 6.42 Å². The monoisotopic (exact) mass is 278 g/mol. The smallest absolute Gasteiger partial charge is 0.331 e. The lowest BCUT2D eigenvalue weighted by molar-refractivity contribution is -0.386. The largest absolute Gasteiger partial charge is 0.434 e. The molecule has 0 atom stereocenters. The Kier molecular flexibility index (Phi) is 3.97. The summed E-state index contributed by atoms with van der Waals surface area (Å²) in [6.45, 7) is 2.01. The van der Waals surface area contributed by atoms with Crippen molar-refractivity contribution >= 4 is 17.3 Å². The summed E-state index contributed by atoms with van der Waals surface area (Å²) >= 11 is 5.73. The zero-order valence-corrected chi connectivity index (χ0v) is 10.9. The molecule has 0 amide bonds. The average Bonchev–Trinajstić information content (AvgIpc) is 2.38. The van der Waals surface area contributed by atoms with Gasteiger partial charge in [-0.25, -0.2) is 0 Å². The summed E-state index contributed by atoms with van der Waals surface area (Å²) in [6.07, 6.45) is 0.849. The van der Waals surface area contributed by atoms with Crippen LogP contribution in [-0.4, -0.2) is 9.91 Å². The Bertz CT molecular complexity index is 617. The quantitative estimate of drug-likeness (QED) is 0.482. The van der Waals surface area contributed by atoms with Gasteiger partial charge < -0.3 is 4.74 Å². The zero-order chi connectivity index (χ0) is 13.8. The molecular formula is C13H11ClN2O3. The number of benzene rings is 1. The van der Waals surface area contributed by atoms with Crippen molar-refractivity contribution in [3.05, 3.63) is 57.2 Å². The summed E-state index contributed by atoms with van der Waals surface area (Å²) in [4.78, 5) is 14.2. The van der Waals surface area contributed by atoms with Crippen molar-refractivity contribution in [2.24, 2.45) is 0 Å². The number of hydrogen-bond acceptors (Lipinski definition) is 4. The maximum absolute atomic E-state index is 10.9. The highest BCUT2D eigenvalue weighted by molar-refractivity contribution is 6.29. The molecule has 0 N–H and O–H groups in total. The molecule has 0 saturated carbocycles. The van der Waals surface area contributed by atoms with E-state index in [0.717, 1.165) is 12.0 Å². The van der Waals surface area contributed by atoms with Crippen LogP contribution in [0.4, 0.5) is 5.69 Å². The van der Waals surface area contributed by atoms with Gasteiger partial charge in [0.15, 0.2) is 0 Å². The molecule has 0 bridgehead atoms. The zero-order valence-electron chi connectivity index (χ0n) is 10.2. The van der Waals surface area contributed by atoms with Gasteiger partial charge in [-0.1, -0.05) is 30.7 Å². The number of aryl methyl sites for hydroxylation is 1.